The molecule has 0 saturated heterocycles. The molecule has 0 bridgehead atoms. The molecule has 2 aromatic rings. The molecule has 9 nitrogen and oxygen atoms in total. The molecule has 21 heavy (non-hydrogen) atoms. The molecule has 0 spiro atoms. The molecule has 2 aromatic heterocycles. The molecule has 0 aliphatic carbocycles. The quantitative estimate of drug-likeness (QED) is 0.307. The predicted molar refractivity (Wildman–Crippen MR) is 76.5 cm³/mol. The lowest BCUT2D eigenvalue weighted by Crippen LogP contribution is -2.35. The van der Waals surface area contributed by atoms with Crippen LogP contribution in [0.1, 0.15) is 5.56 Å². The van der Waals surface area contributed by atoms with Crippen molar-refractivity contribution < 1.29 is 15.3 Å². The highest BCUT2D eigenvalue weighted by Gasteiger charge is 2.17. The Kier molecular flexibility index (Phi) is 4.91. The standard InChI is InChI=1S/C12H19N5O4/c13-12-16-9-6(3-15-10(9)11(21)17-12)1-14-2-7(4-18)8(20)5-19/h3,7-8,14-15,18-20H,1-2,4-5H2,(H3,13,16,17,21)/t7-,8+/m1/s1. The van der Waals surface area contributed by atoms with Gasteiger partial charge < -0.3 is 31.4 Å². The summed E-state index contributed by atoms with van der Waals surface area (Å²) in [5.41, 5.74) is 6.74. The minimum Gasteiger partial charge on any atom is -0.396 e. The van der Waals surface area contributed by atoms with E-state index in [1.807, 2.05) is 0 Å². The van der Waals surface area contributed by atoms with Gasteiger partial charge in [-0.1, -0.05) is 0 Å². The van der Waals surface area contributed by atoms with Crippen LogP contribution < -0.4 is 16.6 Å². The highest BCUT2D eigenvalue weighted by Crippen LogP contribution is 2.13. The summed E-state index contributed by atoms with van der Waals surface area (Å²) in [6, 6.07) is 0. The Balaban J connectivity index is 2.06. The largest absolute Gasteiger partial charge is 0.396 e. The number of rotatable bonds is 7. The third kappa shape index (κ3) is 3.39. The Labute approximate surface area is 119 Å². The molecule has 0 amide bonds. The average molecular weight is 297 g/mol. The van der Waals surface area contributed by atoms with Crippen molar-refractivity contribution in [3.8, 4) is 0 Å². The van der Waals surface area contributed by atoms with Gasteiger partial charge in [-0.25, -0.2) is 4.98 Å². The second-order valence-electron chi connectivity index (χ2n) is 4.81. The van der Waals surface area contributed by atoms with Crippen molar-refractivity contribution in [3.05, 3.63) is 22.1 Å². The molecule has 0 radical (unpaired) electrons. The number of fused-ring (bicyclic) bond motifs is 1. The number of aromatic amines is 2. The van der Waals surface area contributed by atoms with Gasteiger partial charge in [-0.15, -0.1) is 0 Å². The Morgan fingerprint density at radius 1 is 1.38 bits per heavy atom. The first-order valence-electron chi connectivity index (χ1n) is 6.53. The first kappa shape index (κ1) is 15.4. The molecular formula is C12H19N5O4. The van der Waals surface area contributed by atoms with Crippen LogP contribution in [-0.2, 0) is 6.54 Å². The summed E-state index contributed by atoms with van der Waals surface area (Å²) in [7, 11) is 0. The van der Waals surface area contributed by atoms with Gasteiger partial charge in [-0.3, -0.25) is 9.78 Å². The zero-order valence-corrected chi connectivity index (χ0v) is 11.3. The van der Waals surface area contributed by atoms with Gasteiger partial charge in [-0.2, -0.15) is 0 Å². The normalized spacial score (nSPS) is 14.4. The number of nitrogens with one attached hydrogen (secondary N) is 3. The van der Waals surface area contributed by atoms with Gasteiger partial charge in [0.15, 0.2) is 0 Å². The topological polar surface area (TPSA) is 160 Å². The summed E-state index contributed by atoms with van der Waals surface area (Å²) in [6.07, 6.45) is 0.664. The van der Waals surface area contributed by atoms with Gasteiger partial charge >= 0.3 is 0 Å². The number of nitrogens with two attached hydrogens (primary N) is 1. The molecule has 0 saturated carbocycles. The fourth-order valence-electron chi connectivity index (χ4n) is 2.08. The molecule has 0 unspecified atom stereocenters. The van der Waals surface area contributed by atoms with Crippen LogP contribution in [0.5, 0.6) is 0 Å². The van der Waals surface area contributed by atoms with Crippen LogP contribution in [0.3, 0.4) is 0 Å². The number of aromatic nitrogens is 3. The van der Waals surface area contributed by atoms with E-state index in [1.165, 1.54) is 0 Å². The van der Waals surface area contributed by atoms with E-state index in [1.54, 1.807) is 6.20 Å². The first-order chi connectivity index (χ1) is 10.1. The zero-order valence-electron chi connectivity index (χ0n) is 11.3. The van der Waals surface area contributed by atoms with Crippen molar-refractivity contribution in [2.45, 2.75) is 12.6 Å². The number of nitrogen functional groups attached to an aromatic ring is 1. The maximum atomic E-state index is 11.6. The lowest BCUT2D eigenvalue weighted by Gasteiger charge is -2.19. The minimum atomic E-state index is -0.984. The van der Waals surface area contributed by atoms with E-state index in [2.05, 4.69) is 20.3 Å². The maximum Gasteiger partial charge on any atom is 0.276 e. The van der Waals surface area contributed by atoms with Crippen LogP contribution in [0.4, 0.5) is 5.95 Å². The van der Waals surface area contributed by atoms with Gasteiger partial charge in [-0.05, 0) is 0 Å². The van der Waals surface area contributed by atoms with Gasteiger partial charge in [0.25, 0.3) is 5.56 Å². The maximum absolute atomic E-state index is 11.6. The number of aliphatic hydroxyl groups is 3. The molecule has 2 heterocycles. The highest BCUT2D eigenvalue weighted by atomic mass is 16.3. The third-order valence-electron chi connectivity index (χ3n) is 3.32. The van der Waals surface area contributed by atoms with E-state index < -0.39 is 18.6 Å². The third-order valence-corrected chi connectivity index (χ3v) is 3.32. The van der Waals surface area contributed by atoms with Crippen LogP contribution in [0.15, 0.2) is 11.0 Å². The molecule has 9 heteroatoms. The SMILES string of the molecule is Nc1nc2c(CNC[C@H](CO)[C@@H](O)CO)c[nH]c2c(=O)[nH]1. The van der Waals surface area contributed by atoms with Gasteiger partial charge in [0, 0.05) is 37.4 Å². The van der Waals surface area contributed by atoms with Crippen molar-refractivity contribution in [2.24, 2.45) is 5.92 Å². The number of hydrogen-bond acceptors (Lipinski definition) is 7. The van der Waals surface area contributed by atoms with Crippen LogP contribution in [0.25, 0.3) is 11.0 Å². The molecule has 0 aromatic carbocycles. The van der Waals surface area contributed by atoms with Crippen LogP contribution >= 0.6 is 0 Å². The van der Waals surface area contributed by atoms with Crippen LogP contribution in [0.2, 0.25) is 0 Å². The first-order valence-corrected chi connectivity index (χ1v) is 6.53. The molecule has 0 aliphatic rings. The Morgan fingerprint density at radius 2 is 2.14 bits per heavy atom. The fourth-order valence-corrected chi connectivity index (χ4v) is 2.08. The number of H-pyrrole nitrogens is 2. The highest BCUT2D eigenvalue weighted by molar-refractivity contribution is 5.78. The summed E-state index contributed by atoms with van der Waals surface area (Å²) in [5, 5.41) is 30.5. The number of aliphatic hydroxyl groups excluding tert-OH is 3. The van der Waals surface area contributed by atoms with Crippen molar-refractivity contribution in [2.75, 3.05) is 25.5 Å². The lowest BCUT2D eigenvalue weighted by molar-refractivity contribution is 0.0228. The van der Waals surface area contributed by atoms with Gasteiger partial charge in [0.2, 0.25) is 5.95 Å². The summed E-state index contributed by atoms with van der Waals surface area (Å²) in [5.74, 6) is -0.432. The minimum absolute atomic E-state index is 0.0392. The molecule has 0 aliphatic heterocycles. The number of anilines is 1. The van der Waals surface area contributed by atoms with E-state index in [0.29, 0.717) is 24.1 Å². The van der Waals surface area contributed by atoms with E-state index in [9.17, 15) is 9.90 Å². The molecule has 2 atom stereocenters. The molecule has 2 rings (SSSR count). The van der Waals surface area contributed by atoms with E-state index >= 15 is 0 Å². The molecule has 0 fully saturated rings. The van der Waals surface area contributed by atoms with Crippen molar-refractivity contribution in [1.82, 2.24) is 20.3 Å². The van der Waals surface area contributed by atoms with Crippen molar-refractivity contribution >= 4 is 17.0 Å². The van der Waals surface area contributed by atoms with E-state index in [4.69, 9.17) is 15.9 Å². The Morgan fingerprint density at radius 3 is 2.81 bits per heavy atom. The van der Waals surface area contributed by atoms with E-state index in [0.717, 1.165) is 5.56 Å². The van der Waals surface area contributed by atoms with Crippen molar-refractivity contribution in [3.63, 3.8) is 0 Å². The number of hydrogen-bond donors (Lipinski definition) is 7. The lowest BCUT2D eigenvalue weighted by atomic mass is 10.0. The second kappa shape index (κ2) is 6.68. The Hall–Kier alpha value is -1.94. The zero-order chi connectivity index (χ0) is 15.4. The monoisotopic (exact) mass is 297 g/mol. The summed E-state index contributed by atoms with van der Waals surface area (Å²) in [6.45, 7) is 0.0368. The summed E-state index contributed by atoms with van der Waals surface area (Å²) in [4.78, 5) is 21.0. The fraction of sp³-hybridized carbons (Fsp3) is 0.500. The predicted octanol–water partition coefficient (Wildman–Crippen LogP) is -2.12. The molecule has 8 N–H and O–H groups in total. The molecule has 116 valence electrons. The van der Waals surface area contributed by atoms with Crippen molar-refractivity contribution in [1.29, 1.82) is 0 Å². The number of nitrogens with zero attached hydrogens (tertiary/aromatic N) is 1. The Bertz CT molecular complexity index is 653. The summed E-state index contributed by atoms with van der Waals surface area (Å²) < 4.78 is 0. The van der Waals surface area contributed by atoms with E-state index in [-0.39, 0.29) is 18.1 Å². The second-order valence-corrected chi connectivity index (χ2v) is 4.81. The smallest absolute Gasteiger partial charge is 0.276 e. The molecular weight excluding hydrogens is 278 g/mol. The van der Waals surface area contributed by atoms with Gasteiger partial charge in [0.05, 0.1) is 12.7 Å². The van der Waals surface area contributed by atoms with Gasteiger partial charge in [0.1, 0.15) is 11.0 Å². The van der Waals surface area contributed by atoms with Crippen LogP contribution in [0, 0.1) is 5.92 Å². The van der Waals surface area contributed by atoms with Crippen LogP contribution in [-0.4, -0.2) is 56.1 Å². The average Bonchev–Trinajstić information content (AvgIpc) is 2.86. The summed E-state index contributed by atoms with van der Waals surface area (Å²) >= 11 is 0.